The van der Waals surface area contributed by atoms with Crippen molar-refractivity contribution < 1.29 is 104 Å². The summed E-state index contributed by atoms with van der Waals surface area (Å²) in [5.41, 5.74) is 10.2. The summed E-state index contributed by atoms with van der Waals surface area (Å²) in [6.45, 7) is 36.8. The van der Waals surface area contributed by atoms with E-state index < -0.39 is 76.5 Å². The van der Waals surface area contributed by atoms with Crippen LogP contribution in [0.1, 0.15) is 105 Å². The molecule has 32 heteroatoms. The zero-order valence-electron chi connectivity index (χ0n) is 56.7. The molecule has 514 valence electrons. The van der Waals surface area contributed by atoms with Crippen molar-refractivity contribution in [3.63, 3.8) is 0 Å². The molecular formula is C57H103O23P9. The molecule has 1 saturated carbocycles. The predicted octanol–water partition coefficient (Wildman–Crippen LogP) is 17.3. The molecule has 0 radical (unpaired) electrons. The van der Waals surface area contributed by atoms with E-state index in [1.165, 1.54) is 44.5 Å². The molecule has 7 saturated heterocycles. The standard InChI is InChI=1S/C20H25O2P.C10H16O5P2.C7H14O6P2.2C6H13O3P.2C4H11O2P/c1-11-8-13(3)19-17(15(11)5)10-18-16(6)12(2)9-14(4)20(18)22-23(7)21-19;1-16-11-5-9(6-12-16)3-2-4-10-7-13-17(15-10)14-8(9)10;1-8-14-10-3-7(4-11-14)5-12-15(9-2)13-6-7;2*1-6(2)4-8-10(7-3)9-5-6;2*1-4-7(5-2)6-3/h8-9H,10H2,1-7H3;8H,2-7H2,1H3;3-6H2,1-2H3;2*4-5H2,1-3H3;2*4H2,1-3H3. The Labute approximate surface area is 543 Å². The average Bonchev–Trinajstić information content (AvgIpc) is 1.61. The Bertz CT molecular complexity index is 2230. The molecule has 9 aliphatic rings. The van der Waals surface area contributed by atoms with Crippen molar-refractivity contribution in [1.82, 2.24) is 0 Å². The van der Waals surface area contributed by atoms with Crippen LogP contribution in [0.5, 0.6) is 11.5 Å². The van der Waals surface area contributed by atoms with Gasteiger partial charge in [-0.3, -0.25) is 0 Å². The van der Waals surface area contributed by atoms with Crippen molar-refractivity contribution in [3.8, 4) is 11.5 Å². The lowest BCUT2D eigenvalue weighted by Crippen LogP contribution is -2.60. The van der Waals surface area contributed by atoms with Crippen LogP contribution < -0.4 is 9.05 Å². The van der Waals surface area contributed by atoms with Crippen molar-refractivity contribution in [2.45, 2.75) is 120 Å². The molecule has 23 nitrogen and oxygen atoms in total. The second kappa shape index (κ2) is 39.0. The number of rotatable bonds is 10. The third kappa shape index (κ3) is 23.9. The summed E-state index contributed by atoms with van der Waals surface area (Å²) in [5.74, 6) is 2.04. The number of aryl methyl sites for hydroxylation is 4. The van der Waals surface area contributed by atoms with Crippen LogP contribution in [0.15, 0.2) is 12.1 Å². The van der Waals surface area contributed by atoms with Crippen molar-refractivity contribution in [1.29, 1.82) is 0 Å². The van der Waals surface area contributed by atoms with Gasteiger partial charge < -0.3 is 104 Å². The van der Waals surface area contributed by atoms with Gasteiger partial charge in [-0.1, -0.05) is 53.7 Å². The lowest BCUT2D eigenvalue weighted by Gasteiger charge is -2.50. The summed E-state index contributed by atoms with van der Waals surface area (Å²) in [5, 5.41) is 0. The quantitative estimate of drug-likeness (QED) is 0.202. The number of fused-ring (bicyclic) bond motifs is 4. The van der Waals surface area contributed by atoms with Crippen LogP contribution in [0.2, 0.25) is 0 Å². The normalized spacial score (nSPS) is 29.3. The molecule has 3 atom stereocenters. The zero-order chi connectivity index (χ0) is 65.7. The van der Waals surface area contributed by atoms with Crippen molar-refractivity contribution >= 4 is 76.5 Å². The Hall–Kier alpha value is 1.07. The van der Waals surface area contributed by atoms with Gasteiger partial charge in [-0.25, -0.2) is 0 Å². The molecule has 3 spiro atoms. The summed E-state index contributed by atoms with van der Waals surface area (Å²) in [4.78, 5) is 0. The Balaban J connectivity index is 0.000000197. The Morgan fingerprint density at radius 2 is 0.831 bits per heavy atom. The molecule has 0 aromatic heterocycles. The van der Waals surface area contributed by atoms with Crippen LogP contribution >= 0.6 is 76.5 Å². The SMILES string of the molecule is CCP(OC)OC.CCP(OC)OC.COP1OCC(C)(C)CO1.COP1OCC(C)(C)CO1.COP1OCC2(CO1)COP(OC)OC2.CP1OCC2(CCCC34COP(OC23)O4)CO1.Cc1cc(C)c2c(c1C)Cc1c(C)c(C)cc(C)c1OP(C)O2. The molecule has 89 heavy (non-hydrogen) atoms. The average molecular weight is 1440 g/mol. The van der Waals surface area contributed by atoms with E-state index in [1.54, 1.807) is 56.9 Å². The summed E-state index contributed by atoms with van der Waals surface area (Å²) in [6.07, 6.45) is 6.21. The van der Waals surface area contributed by atoms with Crippen molar-refractivity contribution in [3.05, 3.63) is 56.6 Å². The van der Waals surface area contributed by atoms with Gasteiger partial charge in [0.2, 0.25) is 0 Å². The van der Waals surface area contributed by atoms with Crippen LogP contribution in [0.4, 0.5) is 0 Å². The van der Waals surface area contributed by atoms with Crippen LogP contribution in [-0.2, 0) is 101 Å². The molecule has 0 N–H and O–H groups in total. The molecule has 2 bridgehead atoms. The van der Waals surface area contributed by atoms with Gasteiger partial charge in [0.25, 0.3) is 8.38 Å². The van der Waals surface area contributed by atoms with Gasteiger partial charge in [0.15, 0.2) is 25.1 Å². The molecule has 11 rings (SSSR count). The maximum atomic E-state index is 6.23. The van der Waals surface area contributed by atoms with Crippen LogP contribution in [0.3, 0.4) is 0 Å². The maximum Gasteiger partial charge on any atom is 0.333 e. The largest absolute Gasteiger partial charge is 0.438 e. The smallest absolute Gasteiger partial charge is 0.333 e. The van der Waals surface area contributed by atoms with Crippen LogP contribution in [0.25, 0.3) is 0 Å². The molecule has 8 aliphatic heterocycles. The first-order valence-electron chi connectivity index (χ1n) is 29.5. The predicted molar refractivity (Wildman–Crippen MR) is 357 cm³/mol. The van der Waals surface area contributed by atoms with E-state index in [0.717, 1.165) is 89.1 Å². The molecule has 2 aromatic rings. The zero-order valence-corrected chi connectivity index (χ0v) is 64.7. The van der Waals surface area contributed by atoms with E-state index in [0.29, 0.717) is 33.0 Å². The highest BCUT2D eigenvalue weighted by atomic mass is 31.2. The molecule has 0 amide bonds. The second-order valence-electron chi connectivity index (χ2n) is 23.7. The van der Waals surface area contributed by atoms with Gasteiger partial charge in [-0.05, 0) is 94.2 Å². The number of benzene rings is 2. The fourth-order valence-corrected chi connectivity index (χ4v) is 19.4. The number of hydrogen-bond donors (Lipinski definition) is 0. The van der Waals surface area contributed by atoms with Gasteiger partial charge >= 0.3 is 43.0 Å². The Morgan fingerprint density at radius 3 is 1.16 bits per heavy atom. The molecule has 1 aliphatic carbocycles. The third-order valence-corrected chi connectivity index (χ3v) is 25.0. The minimum absolute atomic E-state index is 0.00600. The number of hydrogen-bond acceptors (Lipinski definition) is 23. The minimum Gasteiger partial charge on any atom is -0.438 e. The van der Waals surface area contributed by atoms with E-state index in [9.17, 15) is 0 Å². The van der Waals surface area contributed by atoms with Crippen molar-refractivity contribution in [2.75, 3.05) is 155 Å². The molecule has 3 unspecified atom stereocenters. The Morgan fingerprint density at radius 1 is 0.461 bits per heavy atom. The minimum atomic E-state index is -1.17. The first-order chi connectivity index (χ1) is 42.3. The van der Waals surface area contributed by atoms with Gasteiger partial charge in [0, 0.05) is 116 Å². The fourth-order valence-electron chi connectivity index (χ4n) is 9.98. The lowest BCUT2D eigenvalue weighted by molar-refractivity contribution is -0.140. The highest BCUT2D eigenvalue weighted by Gasteiger charge is 2.67. The van der Waals surface area contributed by atoms with Gasteiger partial charge in [-0.15, -0.1) is 0 Å². The molecular weight excluding hydrogens is 1330 g/mol. The van der Waals surface area contributed by atoms with E-state index in [1.807, 2.05) is 27.2 Å². The highest BCUT2D eigenvalue weighted by molar-refractivity contribution is 7.48. The van der Waals surface area contributed by atoms with E-state index in [2.05, 4.69) is 81.4 Å². The lowest BCUT2D eigenvalue weighted by atomic mass is 9.66. The van der Waals surface area contributed by atoms with Gasteiger partial charge in [0.05, 0.1) is 78.1 Å². The monoisotopic (exact) mass is 1430 g/mol. The molecule has 8 heterocycles. The van der Waals surface area contributed by atoms with Crippen LogP contribution in [0, 0.1) is 63.2 Å². The summed E-state index contributed by atoms with van der Waals surface area (Å²) in [7, 11) is 4.72. The Kier molecular flexibility index (Phi) is 35.4. The first-order valence-corrected chi connectivity index (χ1v) is 40.9. The highest BCUT2D eigenvalue weighted by Crippen LogP contribution is 2.68. The maximum absolute atomic E-state index is 6.23. The van der Waals surface area contributed by atoms with E-state index in [4.69, 9.17) is 104 Å². The van der Waals surface area contributed by atoms with Crippen molar-refractivity contribution in [2.24, 2.45) is 21.7 Å². The fraction of sp³-hybridized carbons (Fsp3) is 0.789. The van der Waals surface area contributed by atoms with E-state index >= 15 is 0 Å². The summed E-state index contributed by atoms with van der Waals surface area (Å²) < 4.78 is 123. The summed E-state index contributed by atoms with van der Waals surface area (Å²) in [6, 6.07) is 4.43. The molecule has 8 fully saturated rings. The topological polar surface area (TPSA) is 212 Å². The van der Waals surface area contributed by atoms with Gasteiger partial charge in [-0.2, -0.15) is 0 Å². The summed E-state index contributed by atoms with van der Waals surface area (Å²) >= 11 is 0. The first kappa shape index (κ1) is 80.7. The van der Waals surface area contributed by atoms with Gasteiger partial charge in [0.1, 0.15) is 23.2 Å². The second-order valence-corrected chi connectivity index (χ2v) is 36.8. The molecule has 2 aromatic carbocycles. The third-order valence-electron chi connectivity index (χ3n) is 15.3. The van der Waals surface area contributed by atoms with E-state index in [-0.39, 0.29) is 33.4 Å². The van der Waals surface area contributed by atoms with Crippen LogP contribution in [-0.4, -0.2) is 167 Å².